The fourth-order valence-corrected chi connectivity index (χ4v) is 4.39. The van der Waals surface area contributed by atoms with Crippen LogP contribution in [0.3, 0.4) is 0 Å². The summed E-state index contributed by atoms with van der Waals surface area (Å²) in [6.45, 7) is 10.2. The Kier molecular flexibility index (Phi) is 11.6. The van der Waals surface area contributed by atoms with Crippen molar-refractivity contribution in [2.75, 3.05) is 20.6 Å². The summed E-state index contributed by atoms with van der Waals surface area (Å²) in [5, 5.41) is 3.04. The van der Waals surface area contributed by atoms with Gasteiger partial charge in [-0.3, -0.25) is 19.3 Å². The average molecular weight is 471 g/mol. The van der Waals surface area contributed by atoms with Crippen LogP contribution in [0.2, 0.25) is 0 Å². The Morgan fingerprint density at radius 3 is 2.34 bits per heavy atom. The Hall–Kier alpha value is -1.74. The summed E-state index contributed by atoms with van der Waals surface area (Å²) in [6.07, 6.45) is 3.20. The Morgan fingerprint density at radius 2 is 1.88 bits per heavy atom. The molecule has 0 aromatic rings. The number of likely N-dealkylation sites (tertiary alicyclic amines) is 1. The van der Waals surface area contributed by atoms with E-state index in [1.807, 2.05) is 34.7 Å². The number of carbonyl (C=O) groups excluding carboxylic acids is 3. The number of piperidine rings is 1. The molecule has 2 amide bonds. The summed E-state index contributed by atoms with van der Waals surface area (Å²) in [5.41, 5.74) is 5.79. The molecule has 0 aliphatic carbocycles. The van der Waals surface area contributed by atoms with Gasteiger partial charge in [0.1, 0.15) is 11.0 Å². The van der Waals surface area contributed by atoms with Crippen molar-refractivity contribution >= 4 is 35.0 Å². The smallest absolute Gasteiger partial charge is 0.303 e. The van der Waals surface area contributed by atoms with Crippen LogP contribution in [0.25, 0.3) is 0 Å². The molecule has 0 spiro atoms. The molecule has 0 aromatic heterocycles. The molecular formula is C23H42N4O4S. The molecule has 5 atom stereocenters. The minimum Gasteiger partial charge on any atom is -0.455 e. The number of rotatable bonds is 11. The highest BCUT2D eigenvalue weighted by molar-refractivity contribution is 7.80. The highest BCUT2D eigenvalue weighted by atomic mass is 32.1. The lowest BCUT2D eigenvalue weighted by Crippen LogP contribution is -2.58. The van der Waals surface area contributed by atoms with Crippen LogP contribution in [0, 0.1) is 11.8 Å². The van der Waals surface area contributed by atoms with Crippen molar-refractivity contribution < 1.29 is 19.1 Å². The number of carbonyl (C=O) groups is 3. The van der Waals surface area contributed by atoms with Gasteiger partial charge in [-0.15, -0.1) is 0 Å². The third-order valence-electron chi connectivity index (χ3n) is 6.55. The Morgan fingerprint density at radius 1 is 1.25 bits per heavy atom. The van der Waals surface area contributed by atoms with Crippen molar-refractivity contribution in [3.8, 4) is 0 Å². The zero-order valence-electron chi connectivity index (χ0n) is 20.7. The second-order valence-electron chi connectivity index (χ2n) is 9.36. The predicted octanol–water partition coefficient (Wildman–Crippen LogP) is 2.09. The van der Waals surface area contributed by atoms with Crippen molar-refractivity contribution in [1.82, 2.24) is 15.1 Å². The third kappa shape index (κ3) is 7.99. The van der Waals surface area contributed by atoms with Crippen LogP contribution in [0.15, 0.2) is 0 Å². The molecule has 9 heteroatoms. The third-order valence-corrected chi connectivity index (χ3v) is 6.81. The summed E-state index contributed by atoms with van der Waals surface area (Å²) < 4.78 is 5.29. The van der Waals surface area contributed by atoms with Gasteiger partial charge in [-0.25, -0.2) is 0 Å². The number of thiocarbonyl (C=S) groups is 1. The van der Waals surface area contributed by atoms with Crippen LogP contribution < -0.4 is 11.1 Å². The Bertz CT molecular complexity index is 672. The number of amides is 2. The number of nitrogens with one attached hydrogen (secondary N) is 1. The molecule has 1 aliphatic rings. The standard InChI is InChI=1S/C23H42N4O4S/c1-8-15(4)20(25-22(29)17-11-9-10-12-26(17)6)23(30)27(7)18(14(2)3)13-19(21(24)32)31-16(5)28/h14-15,17-20H,8-13H2,1-7H3,(H2,24,32)(H,25,29)/t15-,17+,18+,19+,20-/m0/s1. The maximum atomic E-state index is 13.6. The molecule has 0 unspecified atom stereocenters. The van der Waals surface area contributed by atoms with Crippen LogP contribution in [-0.4, -0.2) is 77.4 Å². The van der Waals surface area contributed by atoms with E-state index in [-0.39, 0.29) is 40.7 Å². The number of likely N-dealkylation sites (N-methyl/N-ethyl adjacent to an activating group) is 2. The van der Waals surface area contributed by atoms with Crippen LogP contribution in [0.4, 0.5) is 0 Å². The molecule has 1 fully saturated rings. The molecule has 32 heavy (non-hydrogen) atoms. The number of nitrogens with zero attached hydrogens (tertiary/aromatic N) is 2. The SMILES string of the molecule is CC[C@H](C)[C@H](NC(=O)[C@H]1CCCCN1C)C(=O)N(C)[C@H](C[C@@H](OC(C)=O)C(N)=S)C(C)C. The first-order valence-corrected chi connectivity index (χ1v) is 12.0. The zero-order chi connectivity index (χ0) is 24.6. The molecule has 1 rings (SSSR count). The van der Waals surface area contributed by atoms with Crippen molar-refractivity contribution in [2.24, 2.45) is 17.6 Å². The molecule has 0 aromatic carbocycles. The van der Waals surface area contributed by atoms with E-state index in [1.165, 1.54) is 6.92 Å². The van der Waals surface area contributed by atoms with Crippen molar-refractivity contribution in [3.05, 3.63) is 0 Å². The lowest BCUT2D eigenvalue weighted by atomic mass is 9.92. The number of ether oxygens (including phenoxy) is 1. The van der Waals surface area contributed by atoms with E-state index in [0.717, 1.165) is 32.2 Å². The number of hydrogen-bond acceptors (Lipinski definition) is 6. The first-order valence-electron chi connectivity index (χ1n) is 11.6. The van der Waals surface area contributed by atoms with E-state index in [1.54, 1.807) is 11.9 Å². The van der Waals surface area contributed by atoms with E-state index in [9.17, 15) is 14.4 Å². The quantitative estimate of drug-likeness (QED) is 0.352. The highest BCUT2D eigenvalue weighted by Crippen LogP contribution is 2.22. The second-order valence-corrected chi connectivity index (χ2v) is 9.83. The average Bonchev–Trinajstić information content (AvgIpc) is 2.72. The normalized spacial score (nSPS) is 20.7. The van der Waals surface area contributed by atoms with Gasteiger partial charge in [0.25, 0.3) is 0 Å². The van der Waals surface area contributed by atoms with E-state index in [2.05, 4.69) is 10.2 Å². The second kappa shape index (κ2) is 13.1. The molecule has 8 nitrogen and oxygen atoms in total. The first kappa shape index (κ1) is 28.3. The highest BCUT2D eigenvalue weighted by Gasteiger charge is 2.36. The summed E-state index contributed by atoms with van der Waals surface area (Å²) in [7, 11) is 3.68. The predicted molar refractivity (Wildman–Crippen MR) is 130 cm³/mol. The first-order chi connectivity index (χ1) is 14.9. The van der Waals surface area contributed by atoms with E-state index < -0.39 is 18.1 Å². The maximum absolute atomic E-state index is 13.6. The minimum atomic E-state index is -0.752. The van der Waals surface area contributed by atoms with Gasteiger partial charge in [-0.2, -0.15) is 0 Å². The molecule has 0 bridgehead atoms. The van der Waals surface area contributed by atoms with Crippen LogP contribution in [0.5, 0.6) is 0 Å². The molecule has 0 radical (unpaired) electrons. The van der Waals surface area contributed by atoms with Crippen LogP contribution >= 0.6 is 12.2 Å². The Labute approximate surface area is 198 Å². The molecule has 1 saturated heterocycles. The zero-order valence-corrected chi connectivity index (χ0v) is 21.5. The molecule has 1 aliphatic heterocycles. The maximum Gasteiger partial charge on any atom is 0.303 e. The van der Waals surface area contributed by atoms with Crippen molar-refractivity contribution in [1.29, 1.82) is 0 Å². The summed E-state index contributed by atoms with van der Waals surface area (Å²) in [4.78, 5) is 41.9. The van der Waals surface area contributed by atoms with Gasteiger partial charge in [-0.1, -0.05) is 52.8 Å². The fraction of sp³-hybridized carbons (Fsp3) is 0.826. The minimum absolute atomic E-state index is 0.0320. The molecule has 3 N–H and O–H groups in total. The van der Waals surface area contributed by atoms with Gasteiger partial charge >= 0.3 is 5.97 Å². The lowest BCUT2D eigenvalue weighted by molar-refractivity contribution is -0.145. The molecule has 1 heterocycles. The molecule has 184 valence electrons. The van der Waals surface area contributed by atoms with Crippen molar-refractivity contribution in [2.45, 2.75) is 91.0 Å². The van der Waals surface area contributed by atoms with Gasteiger partial charge in [0.15, 0.2) is 6.10 Å². The van der Waals surface area contributed by atoms with Gasteiger partial charge in [0.2, 0.25) is 11.8 Å². The van der Waals surface area contributed by atoms with E-state index in [0.29, 0.717) is 6.42 Å². The number of hydrogen-bond donors (Lipinski definition) is 2. The summed E-state index contributed by atoms with van der Waals surface area (Å²) >= 11 is 5.08. The number of nitrogens with two attached hydrogens (primary N) is 1. The van der Waals surface area contributed by atoms with E-state index >= 15 is 0 Å². The van der Waals surface area contributed by atoms with E-state index in [4.69, 9.17) is 22.7 Å². The topological polar surface area (TPSA) is 105 Å². The van der Waals surface area contributed by atoms with Crippen LogP contribution in [0.1, 0.15) is 66.7 Å². The fourth-order valence-electron chi connectivity index (χ4n) is 4.24. The summed E-state index contributed by atoms with van der Waals surface area (Å²) in [5.74, 6) is -0.694. The van der Waals surface area contributed by atoms with Crippen LogP contribution in [-0.2, 0) is 19.1 Å². The lowest BCUT2D eigenvalue weighted by Gasteiger charge is -2.38. The van der Waals surface area contributed by atoms with Crippen molar-refractivity contribution in [3.63, 3.8) is 0 Å². The number of esters is 1. The molecular weight excluding hydrogens is 428 g/mol. The molecule has 0 saturated carbocycles. The Balaban J connectivity index is 3.05. The van der Waals surface area contributed by atoms with Gasteiger partial charge in [0.05, 0.1) is 6.04 Å². The largest absolute Gasteiger partial charge is 0.455 e. The van der Waals surface area contributed by atoms with Gasteiger partial charge < -0.3 is 20.7 Å². The summed E-state index contributed by atoms with van der Waals surface area (Å²) in [6, 6.07) is -1.11. The van der Waals surface area contributed by atoms with Gasteiger partial charge in [0, 0.05) is 26.4 Å². The monoisotopic (exact) mass is 470 g/mol. The van der Waals surface area contributed by atoms with Gasteiger partial charge in [-0.05, 0) is 38.3 Å².